The summed E-state index contributed by atoms with van der Waals surface area (Å²) in [7, 11) is 0. The second-order valence-electron chi connectivity index (χ2n) is 6.44. The first-order valence-corrected chi connectivity index (χ1v) is 10.0. The molecule has 1 rings (SSSR count). The third-order valence-electron chi connectivity index (χ3n) is 4.45. The van der Waals surface area contributed by atoms with Crippen LogP contribution in [0.3, 0.4) is 0 Å². The van der Waals surface area contributed by atoms with Crippen molar-refractivity contribution in [1.82, 2.24) is 15.6 Å². The lowest BCUT2D eigenvalue weighted by Crippen LogP contribution is -2.40. The van der Waals surface area contributed by atoms with Gasteiger partial charge in [0.2, 0.25) is 0 Å². The average Bonchev–Trinajstić information content (AvgIpc) is 2.66. The fourth-order valence-electron chi connectivity index (χ4n) is 2.94. The number of aliphatic hydroxyl groups excluding tert-OH is 1. The number of nitrogens with one attached hydrogen (secondary N) is 2. The number of guanidine groups is 1. The van der Waals surface area contributed by atoms with Gasteiger partial charge in [0, 0.05) is 39.0 Å². The second-order valence-corrected chi connectivity index (χ2v) is 6.44. The number of rotatable bonds is 12. The van der Waals surface area contributed by atoms with E-state index in [1.807, 2.05) is 6.20 Å². The Hall–Kier alpha value is -1.09. The first kappa shape index (κ1) is 25.9. The number of halogens is 1. The van der Waals surface area contributed by atoms with Gasteiger partial charge >= 0.3 is 0 Å². The van der Waals surface area contributed by atoms with E-state index < -0.39 is 0 Å². The van der Waals surface area contributed by atoms with Crippen LogP contribution in [0.1, 0.15) is 52.5 Å². The van der Waals surface area contributed by atoms with Gasteiger partial charge in [-0.05, 0) is 51.2 Å². The number of aliphatic imine (C=N–C) groups is 1. The Morgan fingerprint density at radius 3 is 2.41 bits per heavy atom. The molecule has 7 heteroatoms. The van der Waals surface area contributed by atoms with E-state index in [2.05, 4.69) is 65.3 Å². The molecule has 0 aliphatic heterocycles. The highest BCUT2D eigenvalue weighted by Gasteiger charge is 2.08. The molecule has 0 aliphatic carbocycles. The number of pyridine rings is 1. The minimum Gasteiger partial charge on any atom is -0.396 e. The minimum absolute atomic E-state index is 0. The molecule has 3 N–H and O–H groups in total. The first-order chi connectivity index (χ1) is 12.7. The summed E-state index contributed by atoms with van der Waals surface area (Å²) in [4.78, 5) is 11.5. The molecule has 156 valence electrons. The van der Waals surface area contributed by atoms with Crippen LogP contribution in [0.25, 0.3) is 0 Å². The van der Waals surface area contributed by atoms with Crippen LogP contribution in [-0.4, -0.2) is 48.8 Å². The van der Waals surface area contributed by atoms with Crippen molar-refractivity contribution in [2.45, 2.75) is 53.5 Å². The molecule has 1 aromatic heterocycles. The summed E-state index contributed by atoms with van der Waals surface area (Å²) in [5.74, 6) is 2.31. The molecule has 0 saturated carbocycles. The Labute approximate surface area is 182 Å². The standard InChI is InChI=1S/C20H37N5O.HI/c1-5-9-17(12-13-26)14-23-20(21-6-2)24-16-18-10-11-19(22-15-18)25(7-3)8-4;/h10-11,15,17,26H,5-9,12-14,16H2,1-4H3,(H2,21,23,24);1H. The van der Waals surface area contributed by atoms with Gasteiger partial charge in [-0.25, -0.2) is 9.98 Å². The number of hydrogen-bond acceptors (Lipinski definition) is 4. The van der Waals surface area contributed by atoms with Crippen molar-refractivity contribution in [2.75, 3.05) is 37.7 Å². The van der Waals surface area contributed by atoms with Gasteiger partial charge in [0.1, 0.15) is 5.82 Å². The summed E-state index contributed by atoms with van der Waals surface area (Å²) in [6.07, 6.45) is 4.98. The third-order valence-corrected chi connectivity index (χ3v) is 4.45. The van der Waals surface area contributed by atoms with Crippen molar-refractivity contribution in [2.24, 2.45) is 10.9 Å². The molecular formula is C20H38IN5O. The van der Waals surface area contributed by atoms with Crippen LogP contribution >= 0.6 is 24.0 Å². The summed E-state index contributed by atoms with van der Waals surface area (Å²) < 4.78 is 0. The fraction of sp³-hybridized carbons (Fsp3) is 0.700. The zero-order valence-electron chi connectivity index (χ0n) is 17.4. The van der Waals surface area contributed by atoms with Crippen molar-refractivity contribution in [3.63, 3.8) is 0 Å². The van der Waals surface area contributed by atoms with E-state index in [9.17, 15) is 5.11 Å². The van der Waals surface area contributed by atoms with E-state index in [1.165, 1.54) is 0 Å². The van der Waals surface area contributed by atoms with E-state index >= 15 is 0 Å². The second kappa shape index (κ2) is 15.9. The molecule has 0 amide bonds. The highest BCUT2D eigenvalue weighted by molar-refractivity contribution is 14.0. The maximum atomic E-state index is 9.20. The van der Waals surface area contributed by atoms with Crippen LogP contribution < -0.4 is 15.5 Å². The average molecular weight is 491 g/mol. The molecule has 0 bridgehead atoms. The largest absolute Gasteiger partial charge is 0.396 e. The highest BCUT2D eigenvalue weighted by Crippen LogP contribution is 2.12. The van der Waals surface area contributed by atoms with E-state index in [0.717, 1.165) is 62.8 Å². The molecule has 0 radical (unpaired) electrons. The van der Waals surface area contributed by atoms with Crippen molar-refractivity contribution >= 4 is 35.8 Å². The van der Waals surface area contributed by atoms with Crippen molar-refractivity contribution < 1.29 is 5.11 Å². The molecular weight excluding hydrogens is 453 g/mol. The van der Waals surface area contributed by atoms with Crippen molar-refractivity contribution in [3.8, 4) is 0 Å². The van der Waals surface area contributed by atoms with E-state index in [1.54, 1.807) is 0 Å². The lowest BCUT2D eigenvalue weighted by molar-refractivity contribution is 0.251. The molecule has 1 heterocycles. The molecule has 0 fully saturated rings. The van der Waals surface area contributed by atoms with Gasteiger partial charge in [-0.3, -0.25) is 0 Å². The summed E-state index contributed by atoms with van der Waals surface area (Å²) in [6.45, 7) is 12.9. The molecule has 27 heavy (non-hydrogen) atoms. The molecule has 1 atom stereocenters. The van der Waals surface area contributed by atoms with Gasteiger partial charge in [-0.1, -0.05) is 19.4 Å². The molecule has 0 saturated heterocycles. The van der Waals surface area contributed by atoms with Gasteiger partial charge in [0.05, 0.1) is 6.54 Å². The maximum absolute atomic E-state index is 9.20. The topological polar surface area (TPSA) is 72.8 Å². The normalized spacial score (nSPS) is 12.3. The molecule has 0 aromatic carbocycles. The lowest BCUT2D eigenvalue weighted by atomic mass is 10.0. The Morgan fingerprint density at radius 2 is 1.89 bits per heavy atom. The third kappa shape index (κ3) is 10.1. The van der Waals surface area contributed by atoms with E-state index in [4.69, 9.17) is 0 Å². The van der Waals surface area contributed by atoms with Gasteiger partial charge < -0.3 is 20.6 Å². The van der Waals surface area contributed by atoms with E-state index in [-0.39, 0.29) is 30.6 Å². The first-order valence-electron chi connectivity index (χ1n) is 10.0. The Bertz CT molecular complexity index is 500. The quantitative estimate of drug-likeness (QED) is 0.238. The molecule has 0 spiro atoms. The molecule has 6 nitrogen and oxygen atoms in total. The van der Waals surface area contributed by atoms with Crippen LogP contribution in [0.4, 0.5) is 5.82 Å². The predicted molar refractivity (Wildman–Crippen MR) is 126 cm³/mol. The summed E-state index contributed by atoms with van der Waals surface area (Å²) in [5, 5.41) is 15.9. The van der Waals surface area contributed by atoms with E-state index in [0.29, 0.717) is 12.5 Å². The molecule has 0 aliphatic rings. The summed E-state index contributed by atoms with van der Waals surface area (Å²) in [6, 6.07) is 4.16. The summed E-state index contributed by atoms with van der Waals surface area (Å²) >= 11 is 0. The van der Waals surface area contributed by atoms with Gasteiger partial charge in [-0.2, -0.15) is 0 Å². The van der Waals surface area contributed by atoms with Crippen LogP contribution in [0.5, 0.6) is 0 Å². The highest BCUT2D eigenvalue weighted by atomic mass is 127. The van der Waals surface area contributed by atoms with Crippen LogP contribution in [-0.2, 0) is 6.54 Å². The number of nitrogens with zero attached hydrogens (tertiary/aromatic N) is 3. The maximum Gasteiger partial charge on any atom is 0.191 e. The predicted octanol–water partition coefficient (Wildman–Crippen LogP) is 3.40. The van der Waals surface area contributed by atoms with Crippen molar-refractivity contribution in [3.05, 3.63) is 23.9 Å². The molecule has 1 unspecified atom stereocenters. The SMILES string of the molecule is CCCC(CCO)CNC(=NCc1ccc(N(CC)CC)nc1)NCC.I. The number of aliphatic hydroxyl groups is 1. The van der Waals surface area contributed by atoms with Gasteiger partial charge in [0.15, 0.2) is 5.96 Å². The van der Waals surface area contributed by atoms with Gasteiger partial charge in [0.25, 0.3) is 0 Å². The Kier molecular flexibility index (Phi) is 15.3. The number of aromatic nitrogens is 1. The minimum atomic E-state index is 0. The zero-order valence-corrected chi connectivity index (χ0v) is 19.7. The number of hydrogen-bond donors (Lipinski definition) is 3. The zero-order chi connectivity index (χ0) is 19.2. The Morgan fingerprint density at radius 1 is 1.15 bits per heavy atom. The van der Waals surface area contributed by atoms with Crippen LogP contribution in [0, 0.1) is 5.92 Å². The van der Waals surface area contributed by atoms with Crippen molar-refractivity contribution in [1.29, 1.82) is 0 Å². The van der Waals surface area contributed by atoms with Crippen LogP contribution in [0.2, 0.25) is 0 Å². The van der Waals surface area contributed by atoms with Gasteiger partial charge in [-0.15, -0.1) is 24.0 Å². The monoisotopic (exact) mass is 491 g/mol. The Balaban J connectivity index is 0.00000676. The molecule has 1 aromatic rings. The van der Waals surface area contributed by atoms with Crippen LogP contribution in [0.15, 0.2) is 23.3 Å². The lowest BCUT2D eigenvalue weighted by Gasteiger charge is -2.19. The number of anilines is 1. The fourth-order valence-corrected chi connectivity index (χ4v) is 2.94. The smallest absolute Gasteiger partial charge is 0.191 e. The summed E-state index contributed by atoms with van der Waals surface area (Å²) in [5.41, 5.74) is 1.10.